The number of rotatable bonds is 6. The predicted molar refractivity (Wildman–Crippen MR) is 72.1 cm³/mol. The summed E-state index contributed by atoms with van der Waals surface area (Å²) in [5, 5.41) is 3.15. The van der Waals surface area contributed by atoms with Crippen molar-refractivity contribution in [3.05, 3.63) is 35.3 Å². The molecule has 0 aliphatic carbocycles. The summed E-state index contributed by atoms with van der Waals surface area (Å²) < 4.78 is 7.54. The second-order valence-electron chi connectivity index (χ2n) is 3.95. The summed E-state index contributed by atoms with van der Waals surface area (Å²) in [7, 11) is 0. The van der Waals surface area contributed by atoms with Crippen molar-refractivity contribution in [3.63, 3.8) is 0 Å². The molecule has 0 bridgehead atoms. The van der Waals surface area contributed by atoms with E-state index in [4.69, 9.17) is 16.6 Å². The molecule has 1 N–H and O–H groups in total. The lowest BCUT2D eigenvalue weighted by atomic mass is 10.3. The first-order chi connectivity index (χ1) is 8.79. The van der Waals surface area contributed by atoms with E-state index >= 15 is 0 Å². The summed E-state index contributed by atoms with van der Waals surface area (Å²) in [4.78, 5) is 8.46. The second kappa shape index (κ2) is 6.30. The van der Waals surface area contributed by atoms with Gasteiger partial charge < -0.3 is 9.73 Å². The molecular weight excluding hydrogens is 248 g/mol. The lowest BCUT2D eigenvalue weighted by Crippen LogP contribution is -2.10. The SMILES string of the molecule is CCCCNc1ncn(Cc2ccco2)c(=S)n1. The topological polar surface area (TPSA) is 55.9 Å². The van der Waals surface area contributed by atoms with Crippen LogP contribution in [-0.2, 0) is 6.54 Å². The number of unbranched alkanes of at least 4 members (excludes halogenated alkanes) is 1. The number of anilines is 1. The van der Waals surface area contributed by atoms with Gasteiger partial charge in [0.1, 0.15) is 12.1 Å². The van der Waals surface area contributed by atoms with Crippen LogP contribution in [0.4, 0.5) is 5.95 Å². The molecule has 0 amide bonds. The molecule has 5 nitrogen and oxygen atoms in total. The van der Waals surface area contributed by atoms with E-state index in [0.29, 0.717) is 17.3 Å². The zero-order chi connectivity index (χ0) is 12.8. The van der Waals surface area contributed by atoms with Gasteiger partial charge in [-0.2, -0.15) is 4.98 Å². The van der Waals surface area contributed by atoms with Crippen molar-refractivity contribution in [2.75, 3.05) is 11.9 Å². The summed E-state index contributed by atoms with van der Waals surface area (Å²) in [6.07, 6.45) is 5.56. The average molecular weight is 264 g/mol. The lowest BCUT2D eigenvalue weighted by molar-refractivity contribution is 0.488. The van der Waals surface area contributed by atoms with Crippen LogP contribution in [0.1, 0.15) is 25.5 Å². The van der Waals surface area contributed by atoms with Crippen LogP contribution < -0.4 is 5.32 Å². The summed E-state index contributed by atoms with van der Waals surface area (Å²) in [6, 6.07) is 3.75. The summed E-state index contributed by atoms with van der Waals surface area (Å²) in [5.41, 5.74) is 0. The Morgan fingerprint density at radius 2 is 2.39 bits per heavy atom. The highest BCUT2D eigenvalue weighted by Crippen LogP contribution is 2.05. The molecular formula is C12H16N4OS. The average Bonchev–Trinajstić information content (AvgIpc) is 2.86. The Morgan fingerprint density at radius 1 is 1.50 bits per heavy atom. The molecule has 0 aliphatic heterocycles. The minimum atomic E-state index is 0.500. The van der Waals surface area contributed by atoms with Crippen molar-refractivity contribution in [2.24, 2.45) is 0 Å². The van der Waals surface area contributed by atoms with E-state index in [0.717, 1.165) is 25.1 Å². The molecule has 0 aliphatic rings. The Balaban J connectivity index is 2.03. The molecule has 2 aromatic rings. The summed E-state index contributed by atoms with van der Waals surface area (Å²) in [5.74, 6) is 1.42. The van der Waals surface area contributed by atoms with Crippen molar-refractivity contribution >= 4 is 18.2 Å². The molecule has 0 spiro atoms. The number of nitrogens with one attached hydrogen (secondary N) is 1. The van der Waals surface area contributed by atoms with Gasteiger partial charge in [-0.15, -0.1) is 0 Å². The third kappa shape index (κ3) is 3.40. The molecule has 0 saturated heterocycles. The van der Waals surface area contributed by atoms with E-state index in [1.54, 1.807) is 17.2 Å². The first-order valence-electron chi connectivity index (χ1n) is 5.99. The fourth-order valence-corrected chi connectivity index (χ4v) is 1.70. The Labute approximate surface area is 111 Å². The van der Waals surface area contributed by atoms with Crippen LogP contribution in [-0.4, -0.2) is 21.1 Å². The molecule has 2 rings (SSSR count). The first-order valence-corrected chi connectivity index (χ1v) is 6.40. The quantitative estimate of drug-likeness (QED) is 0.642. The molecule has 0 saturated carbocycles. The minimum absolute atomic E-state index is 0.500. The molecule has 96 valence electrons. The molecule has 2 aromatic heterocycles. The van der Waals surface area contributed by atoms with Crippen LogP contribution in [0.3, 0.4) is 0 Å². The fraction of sp³-hybridized carbons (Fsp3) is 0.417. The van der Waals surface area contributed by atoms with Crippen LogP contribution in [0.5, 0.6) is 0 Å². The highest BCUT2D eigenvalue weighted by atomic mass is 32.1. The van der Waals surface area contributed by atoms with Crippen LogP contribution in [0, 0.1) is 4.77 Å². The molecule has 0 atom stereocenters. The van der Waals surface area contributed by atoms with Gasteiger partial charge in [0.2, 0.25) is 10.7 Å². The maximum Gasteiger partial charge on any atom is 0.226 e. The monoisotopic (exact) mass is 264 g/mol. The summed E-state index contributed by atoms with van der Waals surface area (Å²) >= 11 is 5.22. The third-order valence-corrected chi connectivity index (χ3v) is 2.81. The highest BCUT2D eigenvalue weighted by Gasteiger charge is 2.01. The molecule has 0 fully saturated rings. The maximum absolute atomic E-state index is 5.26. The van der Waals surface area contributed by atoms with E-state index < -0.39 is 0 Å². The van der Waals surface area contributed by atoms with E-state index in [1.165, 1.54) is 0 Å². The number of hydrogen-bond donors (Lipinski definition) is 1. The van der Waals surface area contributed by atoms with Crippen molar-refractivity contribution in [2.45, 2.75) is 26.3 Å². The molecule has 0 aromatic carbocycles. The van der Waals surface area contributed by atoms with E-state index in [9.17, 15) is 0 Å². The fourth-order valence-electron chi connectivity index (χ4n) is 1.50. The van der Waals surface area contributed by atoms with Crippen molar-refractivity contribution < 1.29 is 4.42 Å². The minimum Gasteiger partial charge on any atom is -0.467 e. The van der Waals surface area contributed by atoms with Crippen LogP contribution in [0.15, 0.2) is 29.1 Å². The van der Waals surface area contributed by atoms with E-state index in [-0.39, 0.29) is 0 Å². The molecule has 2 heterocycles. The van der Waals surface area contributed by atoms with Gasteiger partial charge in [0.15, 0.2) is 0 Å². The predicted octanol–water partition coefficient (Wildman–Crippen LogP) is 2.86. The van der Waals surface area contributed by atoms with Gasteiger partial charge in [-0.05, 0) is 30.8 Å². The second-order valence-corrected chi connectivity index (χ2v) is 4.32. The van der Waals surface area contributed by atoms with Crippen LogP contribution >= 0.6 is 12.2 Å². The third-order valence-electron chi connectivity index (χ3n) is 2.49. The molecule has 18 heavy (non-hydrogen) atoms. The normalized spacial score (nSPS) is 10.5. The maximum atomic E-state index is 5.26. The van der Waals surface area contributed by atoms with Gasteiger partial charge in [-0.25, -0.2) is 4.98 Å². The largest absolute Gasteiger partial charge is 0.467 e. The standard InChI is InChI=1S/C12H16N4OS/c1-2-3-6-13-11-14-9-16(12(18)15-11)8-10-5-4-7-17-10/h4-5,7,9H,2-3,6,8H2,1H3,(H,13,15,18). The lowest BCUT2D eigenvalue weighted by Gasteiger charge is -2.06. The van der Waals surface area contributed by atoms with Crippen molar-refractivity contribution in [1.82, 2.24) is 14.5 Å². The van der Waals surface area contributed by atoms with Crippen LogP contribution in [0.2, 0.25) is 0 Å². The van der Waals surface area contributed by atoms with Gasteiger partial charge >= 0.3 is 0 Å². The number of furan rings is 1. The summed E-state index contributed by atoms with van der Waals surface area (Å²) in [6.45, 7) is 3.57. The Bertz CT molecular complexity index is 535. The van der Waals surface area contributed by atoms with Crippen molar-refractivity contribution in [3.8, 4) is 0 Å². The van der Waals surface area contributed by atoms with Gasteiger partial charge in [0.05, 0.1) is 12.8 Å². The Hall–Kier alpha value is -1.69. The number of aromatic nitrogens is 3. The van der Waals surface area contributed by atoms with Gasteiger partial charge in [0.25, 0.3) is 0 Å². The van der Waals surface area contributed by atoms with E-state index in [2.05, 4.69) is 22.2 Å². The zero-order valence-electron chi connectivity index (χ0n) is 10.3. The Morgan fingerprint density at radius 3 is 3.06 bits per heavy atom. The number of hydrogen-bond acceptors (Lipinski definition) is 5. The van der Waals surface area contributed by atoms with Gasteiger partial charge in [0, 0.05) is 6.54 Å². The molecule has 0 radical (unpaired) electrons. The first kappa shape index (κ1) is 12.8. The Kier molecular flexibility index (Phi) is 4.46. The van der Waals surface area contributed by atoms with E-state index in [1.807, 2.05) is 12.1 Å². The van der Waals surface area contributed by atoms with Gasteiger partial charge in [-0.1, -0.05) is 13.3 Å². The zero-order valence-corrected chi connectivity index (χ0v) is 11.1. The number of nitrogens with zero attached hydrogens (tertiary/aromatic N) is 3. The molecule has 0 unspecified atom stereocenters. The highest BCUT2D eigenvalue weighted by molar-refractivity contribution is 7.71. The van der Waals surface area contributed by atoms with Crippen molar-refractivity contribution in [1.29, 1.82) is 0 Å². The van der Waals surface area contributed by atoms with Crippen LogP contribution in [0.25, 0.3) is 0 Å². The molecule has 6 heteroatoms. The van der Waals surface area contributed by atoms with Gasteiger partial charge in [-0.3, -0.25) is 4.57 Å². The smallest absolute Gasteiger partial charge is 0.226 e.